The molecule has 174 valence electrons. The Bertz CT molecular complexity index is 1530. The number of nitrogens with zero attached hydrogens (tertiary/aromatic N) is 2. The normalized spacial score (nSPS) is 12.0. The van der Waals surface area contributed by atoms with E-state index in [-0.39, 0.29) is 38.7 Å². The fourth-order valence-corrected chi connectivity index (χ4v) is 4.70. The molecule has 0 saturated heterocycles. The molecule has 0 aliphatic carbocycles. The number of rotatable bonds is 6. The minimum absolute atomic E-state index is 0.0213. The smallest absolute Gasteiger partial charge is 0.295 e. The lowest BCUT2D eigenvalue weighted by Gasteiger charge is -2.10. The lowest BCUT2D eigenvalue weighted by atomic mass is 10.0. The summed E-state index contributed by atoms with van der Waals surface area (Å²) < 4.78 is 28.0. The molecule has 34 heavy (non-hydrogen) atoms. The monoisotopic (exact) mass is 496 g/mol. The number of fused-ring (bicyclic) bond motifs is 1. The summed E-state index contributed by atoms with van der Waals surface area (Å²) in [5, 5.41) is 18.8. The number of azo groups is 1. The number of halogens is 1. The zero-order valence-electron chi connectivity index (χ0n) is 18.3. The number of sulfonamides is 1. The number of carbonyl (C=O) groups is 1. The van der Waals surface area contributed by atoms with Gasteiger partial charge in [-0.25, -0.2) is 8.42 Å². The number of carbonyl (C=O) groups excluding carboxylic acids is 1. The van der Waals surface area contributed by atoms with Crippen molar-refractivity contribution in [2.45, 2.75) is 24.7 Å². The maximum Gasteiger partial charge on any atom is 0.295 e. The van der Waals surface area contributed by atoms with Crippen LogP contribution < -0.4 is 4.72 Å². The number of nitrogens with one attached hydrogen (secondary N) is 2. The van der Waals surface area contributed by atoms with Gasteiger partial charge in [-0.15, -0.1) is 10.2 Å². The molecule has 4 rings (SSSR count). The first-order chi connectivity index (χ1) is 16.2. The molecule has 0 radical (unpaired) electrons. The highest BCUT2D eigenvalue weighted by Crippen LogP contribution is 2.37. The van der Waals surface area contributed by atoms with Gasteiger partial charge >= 0.3 is 0 Å². The molecule has 3 aromatic carbocycles. The van der Waals surface area contributed by atoms with Crippen LogP contribution in [0.5, 0.6) is 5.88 Å². The first-order valence-electron chi connectivity index (χ1n) is 10.3. The van der Waals surface area contributed by atoms with Crippen LogP contribution in [0.1, 0.15) is 35.7 Å². The van der Waals surface area contributed by atoms with Gasteiger partial charge in [0.2, 0.25) is 5.88 Å². The minimum Gasteiger partial charge on any atom is -0.493 e. The zero-order chi connectivity index (χ0) is 24.5. The molecule has 4 aromatic rings. The highest BCUT2D eigenvalue weighted by atomic mass is 35.5. The summed E-state index contributed by atoms with van der Waals surface area (Å²) >= 11 is 6.04. The average Bonchev–Trinajstić information content (AvgIpc) is 3.13. The van der Waals surface area contributed by atoms with Gasteiger partial charge in [-0.1, -0.05) is 49.7 Å². The van der Waals surface area contributed by atoms with Crippen molar-refractivity contribution >= 4 is 49.8 Å². The van der Waals surface area contributed by atoms with Crippen LogP contribution in [0.3, 0.4) is 0 Å². The highest BCUT2D eigenvalue weighted by Gasteiger charge is 2.18. The molecule has 8 nitrogen and oxygen atoms in total. The molecule has 3 N–H and O–H groups in total. The third-order valence-electron chi connectivity index (χ3n) is 5.19. The number of aromatic amines is 1. The van der Waals surface area contributed by atoms with Gasteiger partial charge in [0.15, 0.2) is 5.69 Å². The topological polar surface area (TPSA) is 124 Å². The average molecular weight is 497 g/mol. The number of hydrogen-bond donors (Lipinski definition) is 3. The van der Waals surface area contributed by atoms with Crippen molar-refractivity contribution in [3.05, 3.63) is 82.9 Å². The first-order valence-corrected chi connectivity index (χ1v) is 12.2. The van der Waals surface area contributed by atoms with Gasteiger partial charge in [-0.2, -0.15) is 0 Å². The molecular formula is C24H21ClN4O4S. The fraction of sp³-hybridized carbons (Fsp3) is 0.125. The van der Waals surface area contributed by atoms with E-state index in [4.69, 9.17) is 11.6 Å². The summed E-state index contributed by atoms with van der Waals surface area (Å²) in [7, 11) is -4.00. The van der Waals surface area contributed by atoms with Gasteiger partial charge in [-0.05, 0) is 53.9 Å². The van der Waals surface area contributed by atoms with Crippen LogP contribution in [0, 0.1) is 0 Å². The molecule has 1 aromatic heterocycles. The van der Waals surface area contributed by atoms with Crippen molar-refractivity contribution < 1.29 is 18.3 Å². The largest absolute Gasteiger partial charge is 0.493 e. The number of hydrogen-bond acceptors (Lipinski definition) is 5. The van der Waals surface area contributed by atoms with Crippen molar-refractivity contribution in [1.82, 2.24) is 4.98 Å². The maximum absolute atomic E-state index is 12.8. The Morgan fingerprint density at radius 2 is 1.82 bits per heavy atom. The van der Waals surface area contributed by atoms with Crippen molar-refractivity contribution in [3.8, 4) is 5.88 Å². The molecular weight excluding hydrogens is 476 g/mol. The molecule has 0 unspecified atom stereocenters. The number of anilines is 1. The van der Waals surface area contributed by atoms with Crippen molar-refractivity contribution in [3.63, 3.8) is 0 Å². The van der Waals surface area contributed by atoms with E-state index >= 15 is 0 Å². The van der Waals surface area contributed by atoms with Crippen LogP contribution in [0.2, 0.25) is 5.02 Å². The number of amides is 1. The minimum atomic E-state index is -4.00. The standard InChI is InChI=1S/C24H21ClN4O4S/c1-14(2)15-10-11-20-18(13-15)22(24(31)26-20)27-28-23(30)16-6-5-7-17(12-16)34(32,33)29-21-9-4-3-8-19(21)25/h3-14,26,29,31H,1-2H3. The van der Waals surface area contributed by atoms with E-state index in [0.29, 0.717) is 10.9 Å². The van der Waals surface area contributed by atoms with Gasteiger partial charge in [0.1, 0.15) is 0 Å². The highest BCUT2D eigenvalue weighted by molar-refractivity contribution is 7.92. The predicted octanol–water partition coefficient (Wildman–Crippen LogP) is 6.38. The number of H-pyrrole nitrogens is 1. The maximum atomic E-state index is 12.8. The number of aromatic hydroxyl groups is 1. The summed E-state index contributed by atoms with van der Waals surface area (Å²) in [5.74, 6) is -0.715. The van der Waals surface area contributed by atoms with Crippen LogP contribution >= 0.6 is 11.6 Å². The Morgan fingerprint density at radius 1 is 1.06 bits per heavy atom. The lowest BCUT2D eigenvalue weighted by molar-refractivity contribution is 0.0995. The quantitative estimate of drug-likeness (QED) is 0.268. The third-order valence-corrected chi connectivity index (χ3v) is 6.89. The van der Waals surface area contributed by atoms with Crippen LogP contribution in [-0.2, 0) is 10.0 Å². The van der Waals surface area contributed by atoms with E-state index in [2.05, 4.69) is 19.9 Å². The van der Waals surface area contributed by atoms with Crippen molar-refractivity contribution in [2.24, 2.45) is 10.2 Å². The third kappa shape index (κ3) is 4.80. The molecule has 0 aliphatic heterocycles. The molecule has 0 spiro atoms. The van der Waals surface area contributed by atoms with Crippen molar-refractivity contribution in [1.29, 1.82) is 0 Å². The van der Waals surface area contributed by atoms with Crippen LogP contribution in [0.15, 0.2) is 81.9 Å². The van der Waals surface area contributed by atoms with Gasteiger partial charge < -0.3 is 10.1 Å². The molecule has 0 atom stereocenters. The lowest BCUT2D eigenvalue weighted by Crippen LogP contribution is -2.13. The summed E-state index contributed by atoms with van der Waals surface area (Å²) in [5.41, 5.74) is 2.07. The molecule has 0 fully saturated rings. The van der Waals surface area contributed by atoms with Gasteiger partial charge in [-0.3, -0.25) is 9.52 Å². The molecule has 0 aliphatic rings. The number of para-hydroxylation sites is 1. The van der Waals surface area contributed by atoms with Crippen LogP contribution in [-0.4, -0.2) is 24.4 Å². The van der Waals surface area contributed by atoms with Crippen molar-refractivity contribution in [2.75, 3.05) is 4.72 Å². The van der Waals surface area contributed by atoms with E-state index < -0.39 is 15.9 Å². The summed E-state index contributed by atoms with van der Waals surface area (Å²) in [6.07, 6.45) is 0. The molecule has 1 heterocycles. The van der Waals surface area contributed by atoms with Crippen LogP contribution in [0.4, 0.5) is 11.4 Å². The SMILES string of the molecule is CC(C)c1ccc2[nH]c(O)c(N=NC(=O)c3cccc(S(=O)(=O)Nc4ccccc4Cl)c3)c2c1. The summed E-state index contributed by atoms with van der Waals surface area (Å²) in [4.78, 5) is 15.3. The Balaban J connectivity index is 1.61. The second-order valence-corrected chi connectivity index (χ2v) is 9.99. The number of benzene rings is 3. The second kappa shape index (κ2) is 9.28. The van der Waals surface area contributed by atoms with E-state index in [0.717, 1.165) is 5.56 Å². The summed E-state index contributed by atoms with van der Waals surface area (Å²) in [6.45, 7) is 4.08. The van der Waals surface area contributed by atoms with E-state index in [1.807, 2.05) is 32.0 Å². The molecule has 1 amide bonds. The van der Waals surface area contributed by atoms with Gasteiger partial charge in [0, 0.05) is 10.9 Å². The Kier molecular flexibility index (Phi) is 6.41. The zero-order valence-corrected chi connectivity index (χ0v) is 19.9. The number of aromatic nitrogens is 1. The van der Waals surface area contributed by atoms with Gasteiger partial charge in [0.05, 0.1) is 21.1 Å². The van der Waals surface area contributed by atoms with E-state index in [1.165, 1.54) is 30.3 Å². The van der Waals surface area contributed by atoms with E-state index in [1.54, 1.807) is 18.2 Å². The molecule has 0 saturated carbocycles. The Hall–Kier alpha value is -3.69. The van der Waals surface area contributed by atoms with Gasteiger partial charge in [0.25, 0.3) is 15.9 Å². The predicted molar refractivity (Wildman–Crippen MR) is 132 cm³/mol. The summed E-state index contributed by atoms with van der Waals surface area (Å²) in [6, 6.07) is 17.5. The Morgan fingerprint density at radius 3 is 2.56 bits per heavy atom. The van der Waals surface area contributed by atoms with Crippen LogP contribution in [0.25, 0.3) is 10.9 Å². The molecule has 10 heteroatoms. The fourth-order valence-electron chi connectivity index (χ4n) is 3.34. The van der Waals surface area contributed by atoms with E-state index in [9.17, 15) is 18.3 Å². The Labute approximate surface area is 201 Å². The molecule has 0 bridgehead atoms. The second-order valence-electron chi connectivity index (χ2n) is 7.90. The first kappa shape index (κ1) is 23.5.